The van der Waals surface area contributed by atoms with Crippen molar-refractivity contribution >= 4 is 23.1 Å². The summed E-state index contributed by atoms with van der Waals surface area (Å²) in [6.45, 7) is 3.10. The van der Waals surface area contributed by atoms with Crippen molar-refractivity contribution in [2.45, 2.75) is 44.8 Å². The zero-order valence-corrected chi connectivity index (χ0v) is 11.0. The van der Waals surface area contributed by atoms with Gasteiger partial charge in [-0.2, -0.15) is 0 Å². The van der Waals surface area contributed by atoms with E-state index in [0.29, 0.717) is 13.2 Å². The minimum Gasteiger partial charge on any atom is -0.393 e. The van der Waals surface area contributed by atoms with Crippen LogP contribution in [0.2, 0.25) is 0 Å². The first-order valence-electron chi connectivity index (χ1n) is 6.32. The van der Waals surface area contributed by atoms with Gasteiger partial charge in [0, 0.05) is 6.54 Å². The molecule has 96 valence electrons. The average molecular weight is 256 g/mol. The molecule has 1 aliphatic heterocycles. The third-order valence-corrected chi connectivity index (χ3v) is 4.17. The summed E-state index contributed by atoms with van der Waals surface area (Å²) in [7, 11) is 0. The molecule has 0 spiro atoms. The van der Waals surface area contributed by atoms with Crippen LogP contribution in [0.4, 0.5) is 0 Å². The Morgan fingerprint density at radius 2 is 2.18 bits per heavy atom. The largest absolute Gasteiger partial charge is 0.393 e. The van der Waals surface area contributed by atoms with Crippen molar-refractivity contribution < 1.29 is 9.53 Å². The number of thiocarbonyl (C=S) groups is 1. The second-order valence-corrected chi connectivity index (χ2v) is 5.39. The van der Waals surface area contributed by atoms with E-state index in [-0.39, 0.29) is 29.0 Å². The number of nitrogens with two attached hydrogens (primary N) is 1. The summed E-state index contributed by atoms with van der Waals surface area (Å²) < 4.78 is 5.74. The number of amides is 1. The first-order valence-corrected chi connectivity index (χ1v) is 6.73. The quantitative estimate of drug-likeness (QED) is 0.751. The minimum atomic E-state index is -0.356. The lowest BCUT2D eigenvalue weighted by Gasteiger charge is -2.44. The molecule has 1 saturated heterocycles. The monoisotopic (exact) mass is 256 g/mol. The summed E-state index contributed by atoms with van der Waals surface area (Å²) in [6, 6.07) is 0.238. The highest BCUT2D eigenvalue weighted by atomic mass is 32.1. The van der Waals surface area contributed by atoms with E-state index in [1.165, 1.54) is 12.8 Å². The van der Waals surface area contributed by atoms with Crippen LogP contribution in [-0.4, -0.2) is 41.1 Å². The van der Waals surface area contributed by atoms with Crippen molar-refractivity contribution in [3.63, 3.8) is 0 Å². The highest BCUT2D eigenvalue weighted by Crippen LogP contribution is 2.29. The van der Waals surface area contributed by atoms with Gasteiger partial charge >= 0.3 is 0 Å². The van der Waals surface area contributed by atoms with Crippen molar-refractivity contribution in [2.75, 3.05) is 13.2 Å². The fourth-order valence-corrected chi connectivity index (χ4v) is 2.84. The normalized spacial score (nSPS) is 30.5. The van der Waals surface area contributed by atoms with Crippen LogP contribution in [0.1, 0.15) is 32.6 Å². The Bertz CT molecular complexity index is 320. The zero-order valence-electron chi connectivity index (χ0n) is 10.2. The van der Waals surface area contributed by atoms with E-state index in [4.69, 9.17) is 22.7 Å². The van der Waals surface area contributed by atoms with Crippen LogP contribution in [0.3, 0.4) is 0 Å². The molecule has 0 aromatic carbocycles. The maximum Gasteiger partial charge on any atom is 0.232 e. The highest BCUT2D eigenvalue weighted by molar-refractivity contribution is 7.80. The number of carbonyl (C=O) groups is 1. The molecule has 0 aromatic rings. The molecule has 2 aliphatic rings. The fraction of sp³-hybridized carbons (Fsp3) is 0.833. The van der Waals surface area contributed by atoms with E-state index < -0.39 is 0 Å². The van der Waals surface area contributed by atoms with Crippen molar-refractivity contribution in [1.29, 1.82) is 0 Å². The van der Waals surface area contributed by atoms with Crippen LogP contribution < -0.4 is 5.73 Å². The summed E-state index contributed by atoms with van der Waals surface area (Å²) in [5, 5.41) is 0. The van der Waals surface area contributed by atoms with E-state index in [1.54, 1.807) is 6.92 Å². The Hall–Kier alpha value is -0.680. The van der Waals surface area contributed by atoms with E-state index in [9.17, 15) is 4.79 Å². The van der Waals surface area contributed by atoms with Crippen LogP contribution in [0.15, 0.2) is 0 Å². The lowest BCUT2D eigenvalue weighted by Crippen LogP contribution is -2.56. The Morgan fingerprint density at radius 1 is 1.47 bits per heavy atom. The van der Waals surface area contributed by atoms with Gasteiger partial charge in [0.05, 0.1) is 29.7 Å². The second-order valence-electron chi connectivity index (χ2n) is 4.92. The van der Waals surface area contributed by atoms with Crippen molar-refractivity contribution in [3.8, 4) is 0 Å². The average Bonchev–Trinajstić information content (AvgIpc) is 2.36. The number of carbonyl (C=O) groups excluding carboxylic acids is 1. The first kappa shape index (κ1) is 12.8. The highest BCUT2D eigenvalue weighted by Gasteiger charge is 2.38. The van der Waals surface area contributed by atoms with Gasteiger partial charge in [-0.15, -0.1) is 0 Å². The van der Waals surface area contributed by atoms with Crippen LogP contribution in [-0.2, 0) is 9.53 Å². The predicted octanol–water partition coefficient (Wildman–Crippen LogP) is 1.08. The molecule has 1 heterocycles. The van der Waals surface area contributed by atoms with Crippen LogP contribution in [0.5, 0.6) is 0 Å². The predicted molar refractivity (Wildman–Crippen MR) is 69.7 cm³/mol. The van der Waals surface area contributed by atoms with Crippen LogP contribution in [0.25, 0.3) is 0 Å². The lowest BCUT2D eigenvalue weighted by atomic mass is 9.89. The molecule has 2 fully saturated rings. The molecule has 0 aromatic heterocycles. The van der Waals surface area contributed by atoms with Gasteiger partial charge in [-0.05, 0) is 19.8 Å². The lowest BCUT2D eigenvalue weighted by molar-refractivity contribution is -0.151. The number of ether oxygens (including phenoxy) is 1. The van der Waals surface area contributed by atoms with Gasteiger partial charge in [0.15, 0.2) is 0 Å². The molecule has 5 heteroatoms. The minimum absolute atomic E-state index is 0.0673. The van der Waals surface area contributed by atoms with Crippen LogP contribution >= 0.6 is 12.2 Å². The van der Waals surface area contributed by atoms with E-state index in [2.05, 4.69) is 0 Å². The van der Waals surface area contributed by atoms with Gasteiger partial charge in [0.2, 0.25) is 5.91 Å². The van der Waals surface area contributed by atoms with Crippen LogP contribution in [0, 0.1) is 5.92 Å². The molecule has 3 atom stereocenters. The molecule has 3 unspecified atom stereocenters. The molecule has 4 nitrogen and oxygen atoms in total. The standard InChI is InChI=1S/C12H20N2O2S/c1-8(11(13)17)12(15)14-6-7-16-10-5-3-2-4-9(10)14/h8-10H,2-7H2,1H3,(H2,13,17). The molecule has 1 aliphatic carbocycles. The molecule has 1 amide bonds. The Labute approximate surface area is 107 Å². The number of nitrogens with zero attached hydrogens (tertiary/aromatic N) is 1. The molecule has 0 bridgehead atoms. The smallest absolute Gasteiger partial charge is 0.232 e. The third kappa shape index (κ3) is 2.60. The van der Waals surface area contributed by atoms with E-state index in [0.717, 1.165) is 12.8 Å². The topological polar surface area (TPSA) is 55.6 Å². The number of hydrogen-bond donors (Lipinski definition) is 1. The molecule has 0 radical (unpaired) electrons. The Morgan fingerprint density at radius 3 is 2.88 bits per heavy atom. The molecule has 2 N–H and O–H groups in total. The number of rotatable bonds is 2. The second kappa shape index (κ2) is 5.31. The Balaban J connectivity index is 2.08. The SMILES string of the molecule is CC(C(=O)N1CCOC2CCCCC21)C(N)=S. The maximum absolute atomic E-state index is 12.3. The molecule has 17 heavy (non-hydrogen) atoms. The zero-order chi connectivity index (χ0) is 12.4. The van der Waals surface area contributed by atoms with E-state index in [1.807, 2.05) is 4.90 Å². The molecular formula is C12H20N2O2S. The molecular weight excluding hydrogens is 236 g/mol. The number of hydrogen-bond acceptors (Lipinski definition) is 3. The summed E-state index contributed by atoms with van der Waals surface area (Å²) in [6.07, 6.45) is 4.71. The number of fused-ring (bicyclic) bond motifs is 1. The van der Waals surface area contributed by atoms with E-state index >= 15 is 0 Å². The van der Waals surface area contributed by atoms with Crippen molar-refractivity contribution in [1.82, 2.24) is 4.90 Å². The number of morpholine rings is 1. The van der Waals surface area contributed by atoms with Gasteiger partial charge in [-0.25, -0.2) is 0 Å². The first-order chi connectivity index (χ1) is 8.11. The van der Waals surface area contributed by atoms with Gasteiger partial charge in [0.25, 0.3) is 0 Å². The molecule has 2 rings (SSSR count). The van der Waals surface area contributed by atoms with Gasteiger partial charge in [-0.3, -0.25) is 4.79 Å². The summed E-state index contributed by atoms with van der Waals surface area (Å²) >= 11 is 4.91. The maximum atomic E-state index is 12.3. The summed E-state index contributed by atoms with van der Waals surface area (Å²) in [5.74, 6) is -0.289. The summed E-state index contributed by atoms with van der Waals surface area (Å²) in [5.41, 5.74) is 5.56. The third-order valence-electron chi connectivity index (χ3n) is 3.81. The van der Waals surface area contributed by atoms with Crippen molar-refractivity contribution in [2.24, 2.45) is 11.7 Å². The van der Waals surface area contributed by atoms with Crippen molar-refractivity contribution in [3.05, 3.63) is 0 Å². The fourth-order valence-electron chi connectivity index (χ4n) is 2.74. The molecule has 1 saturated carbocycles. The van der Waals surface area contributed by atoms with Gasteiger partial charge < -0.3 is 15.4 Å². The Kier molecular flexibility index (Phi) is 3.99. The van der Waals surface area contributed by atoms with Gasteiger partial charge in [-0.1, -0.05) is 25.1 Å². The summed E-state index contributed by atoms with van der Waals surface area (Å²) in [4.78, 5) is 14.5. The van der Waals surface area contributed by atoms with Gasteiger partial charge in [0.1, 0.15) is 0 Å².